The van der Waals surface area contributed by atoms with Crippen molar-refractivity contribution in [1.29, 1.82) is 0 Å². The molecule has 1 heterocycles. The number of carbonyl (C=O) groups is 2. The van der Waals surface area contributed by atoms with Crippen molar-refractivity contribution >= 4 is 22.8 Å². The van der Waals surface area contributed by atoms with Gasteiger partial charge in [-0.2, -0.15) is 0 Å². The van der Waals surface area contributed by atoms with Crippen LogP contribution in [-0.2, 0) is 29.2 Å². The Morgan fingerprint density at radius 2 is 1.38 bits per heavy atom. The first-order chi connectivity index (χ1) is 19.2. The molecule has 1 atom stereocenters. The second-order valence-corrected chi connectivity index (χ2v) is 9.85. The van der Waals surface area contributed by atoms with Gasteiger partial charge in [0, 0.05) is 16.6 Å². The first-order valence-electron chi connectivity index (χ1n) is 13.3. The van der Waals surface area contributed by atoms with Gasteiger partial charge in [0.05, 0.1) is 11.4 Å². The van der Waals surface area contributed by atoms with E-state index in [1.54, 1.807) is 16.7 Å². The van der Waals surface area contributed by atoms with Crippen LogP contribution in [0.2, 0.25) is 0 Å². The van der Waals surface area contributed by atoms with Crippen LogP contribution in [0.1, 0.15) is 51.5 Å². The van der Waals surface area contributed by atoms with E-state index < -0.39 is 5.92 Å². The van der Waals surface area contributed by atoms with Gasteiger partial charge < -0.3 is 9.47 Å². The first kappa shape index (κ1) is 24.7. The van der Waals surface area contributed by atoms with Crippen LogP contribution in [0.15, 0.2) is 109 Å². The fourth-order valence-corrected chi connectivity index (χ4v) is 5.43. The second-order valence-electron chi connectivity index (χ2n) is 9.85. The van der Waals surface area contributed by atoms with Gasteiger partial charge in [-0.05, 0) is 66.3 Å². The largest absolute Gasteiger partial charge is 0.489 e. The molecule has 0 saturated heterocycles. The predicted molar refractivity (Wildman–Crippen MR) is 151 cm³/mol. The normalized spacial score (nSPS) is 14.5. The van der Waals surface area contributed by atoms with Crippen molar-refractivity contribution in [3.63, 3.8) is 0 Å². The van der Waals surface area contributed by atoms with E-state index in [2.05, 4.69) is 0 Å². The first-order valence-corrected chi connectivity index (χ1v) is 13.3. The summed E-state index contributed by atoms with van der Waals surface area (Å²) in [5, 5.41) is 0.935. The number of esters is 1. The SMILES string of the molecule is O=C(OCc1ccccc1)C1CCCc2c1c1ccccc1n2C(=O)c1ccc(OCc2ccccc2)cc1. The summed E-state index contributed by atoms with van der Waals surface area (Å²) in [6.07, 6.45) is 2.25. The predicted octanol–water partition coefficient (Wildman–Crippen LogP) is 7.07. The molecule has 1 unspecified atom stereocenters. The Morgan fingerprint density at radius 3 is 2.10 bits per heavy atom. The van der Waals surface area contributed by atoms with E-state index in [9.17, 15) is 9.59 Å². The highest BCUT2D eigenvalue weighted by Gasteiger charge is 2.34. The number of hydrogen-bond acceptors (Lipinski definition) is 4. The van der Waals surface area contributed by atoms with Gasteiger partial charge in [0.2, 0.25) is 0 Å². The maximum absolute atomic E-state index is 13.9. The molecule has 6 rings (SSSR count). The zero-order valence-corrected chi connectivity index (χ0v) is 21.6. The highest BCUT2D eigenvalue weighted by molar-refractivity contribution is 6.05. The van der Waals surface area contributed by atoms with E-state index in [-0.39, 0.29) is 18.5 Å². The number of fused-ring (bicyclic) bond motifs is 3. The standard InChI is InChI=1S/C34H29NO4/c36-33(26-18-20-27(21-19-26)38-22-24-10-3-1-4-11-24)35-30-16-8-7-14-28(30)32-29(15-9-17-31(32)35)34(37)39-23-25-12-5-2-6-13-25/h1-8,10-14,16,18-21,29H,9,15,17,22-23H2. The van der Waals surface area contributed by atoms with E-state index >= 15 is 0 Å². The van der Waals surface area contributed by atoms with Crippen molar-refractivity contribution in [3.05, 3.63) is 137 Å². The van der Waals surface area contributed by atoms with Crippen LogP contribution in [0.4, 0.5) is 0 Å². The van der Waals surface area contributed by atoms with Crippen LogP contribution in [0.3, 0.4) is 0 Å². The van der Waals surface area contributed by atoms with Gasteiger partial charge in [-0.25, -0.2) is 0 Å². The number of benzene rings is 4. The van der Waals surface area contributed by atoms with Gasteiger partial charge in [-0.3, -0.25) is 14.2 Å². The number of ether oxygens (including phenoxy) is 2. The molecule has 0 saturated carbocycles. The molecule has 1 aliphatic carbocycles. The summed E-state index contributed by atoms with van der Waals surface area (Å²) in [6.45, 7) is 0.702. The van der Waals surface area contributed by atoms with Crippen LogP contribution in [0.5, 0.6) is 5.75 Å². The van der Waals surface area contributed by atoms with E-state index in [0.717, 1.165) is 46.1 Å². The summed E-state index contributed by atoms with van der Waals surface area (Å²) in [5.74, 6) is -0.0448. The average Bonchev–Trinajstić information content (AvgIpc) is 3.34. The summed E-state index contributed by atoms with van der Waals surface area (Å²) in [7, 11) is 0. The Balaban J connectivity index is 1.27. The monoisotopic (exact) mass is 515 g/mol. The maximum atomic E-state index is 13.9. The number of hydrogen-bond donors (Lipinski definition) is 0. The second kappa shape index (κ2) is 11.0. The number of rotatable bonds is 7. The zero-order valence-electron chi connectivity index (χ0n) is 21.6. The Hall–Kier alpha value is -4.64. The van der Waals surface area contributed by atoms with Crippen LogP contribution in [-0.4, -0.2) is 16.4 Å². The number of para-hydroxylation sites is 1. The lowest BCUT2D eigenvalue weighted by molar-refractivity contribution is -0.147. The Bertz CT molecular complexity index is 1600. The smallest absolute Gasteiger partial charge is 0.313 e. The lowest BCUT2D eigenvalue weighted by Gasteiger charge is -2.23. The Labute approximate surface area is 227 Å². The van der Waals surface area contributed by atoms with Crippen molar-refractivity contribution in [1.82, 2.24) is 4.57 Å². The highest BCUT2D eigenvalue weighted by atomic mass is 16.5. The maximum Gasteiger partial charge on any atom is 0.313 e. The summed E-state index contributed by atoms with van der Waals surface area (Å²) in [5.41, 5.74) is 5.25. The molecule has 39 heavy (non-hydrogen) atoms. The molecule has 1 aromatic heterocycles. The lowest BCUT2D eigenvalue weighted by Crippen LogP contribution is -2.23. The van der Waals surface area contributed by atoms with Crippen LogP contribution in [0.25, 0.3) is 10.9 Å². The average molecular weight is 516 g/mol. The highest BCUT2D eigenvalue weighted by Crippen LogP contribution is 2.40. The van der Waals surface area contributed by atoms with Gasteiger partial charge in [0.15, 0.2) is 0 Å². The molecule has 0 fully saturated rings. The summed E-state index contributed by atoms with van der Waals surface area (Å²) >= 11 is 0. The molecule has 194 valence electrons. The van der Waals surface area contributed by atoms with E-state index in [0.29, 0.717) is 24.3 Å². The molecule has 0 N–H and O–H groups in total. The molecule has 5 nitrogen and oxygen atoms in total. The number of nitrogens with zero attached hydrogens (tertiary/aromatic N) is 1. The molecule has 5 aromatic rings. The molecule has 0 bridgehead atoms. The number of aromatic nitrogens is 1. The lowest BCUT2D eigenvalue weighted by atomic mass is 9.85. The molecule has 0 amide bonds. The van der Waals surface area contributed by atoms with Crippen molar-refractivity contribution < 1.29 is 19.1 Å². The van der Waals surface area contributed by atoms with E-state index in [4.69, 9.17) is 9.47 Å². The third-order valence-electron chi connectivity index (χ3n) is 7.33. The fourth-order valence-electron chi connectivity index (χ4n) is 5.43. The van der Waals surface area contributed by atoms with Crippen molar-refractivity contribution in [2.75, 3.05) is 0 Å². The molecule has 1 aliphatic rings. The number of carbonyl (C=O) groups excluding carboxylic acids is 2. The van der Waals surface area contributed by atoms with Crippen LogP contribution in [0, 0.1) is 0 Å². The molecular formula is C34H29NO4. The molecule has 0 radical (unpaired) electrons. The van der Waals surface area contributed by atoms with Gasteiger partial charge in [-0.15, -0.1) is 0 Å². The summed E-state index contributed by atoms with van der Waals surface area (Å²) < 4.78 is 13.4. The van der Waals surface area contributed by atoms with E-state index in [1.165, 1.54) is 0 Å². The van der Waals surface area contributed by atoms with Crippen LogP contribution >= 0.6 is 0 Å². The minimum atomic E-state index is -0.398. The van der Waals surface area contributed by atoms with Gasteiger partial charge in [0.1, 0.15) is 19.0 Å². The summed E-state index contributed by atoms with van der Waals surface area (Å²) in [6, 6.07) is 34.8. The zero-order chi connectivity index (χ0) is 26.6. The molecular weight excluding hydrogens is 486 g/mol. The molecule has 0 spiro atoms. The van der Waals surface area contributed by atoms with Crippen molar-refractivity contribution in [2.24, 2.45) is 0 Å². The molecule has 5 heteroatoms. The summed E-state index contributed by atoms with van der Waals surface area (Å²) in [4.78, 5) is 27.2. The topological polar surface area (TPSA) is 57.5 Å². The van der Waals surface area contributed by atoms with Crippen LogP contribution < -0.4 is 4.74 Å². The van der Waals surface area contributed by atoms with Gasteiger partial charge in [-0.1, -0.05) is 78.9 Å². The van der Waals surface area contributed by atoms with Crippen molar-refractivity contribution in [3.8, 4) is 5.75 Å². The van der Waals surface area contributed by atoms with E-state index in [1.807, 2.05) is 97.1 Å². The van der Waals surface area contributed by atoms with Gasteiger partial charge in [0.25, 0.3) is 5.91 Å². The Morgan fingerprint density at radius 1 is 0.744 bits per heavy atom. The molecule has 4 aromatic carbocycles. The quantitative estimate of drug-likeness (QED) is 0.218. The van der Waals surface area contributed by atoms with Crippen molar-refractivity contribution in [2.45, 2.75) is 38.4 Å². The minimum Gasteiger partial charge on any atom is -0.489 e. The minimum absolute atomic E-state index is 0.111. The molecule has 0 aliphatic heterocycles. The Kier molecular flexibility index (Phi) is 6.96. The third-order valence-corrected chi connectivity index (χ3v) is 7.33. The fraction of sp³-hybridized carbons (Fsp3) is 0.176. The third kappa shape index (κ3) is 5.08. The van der Waals surface area contributed by atoms with Gasteiger partial charge >= 0.3 is 5.97 Å².